The van der Waals surface area contributed by atoms with Gasteiger partial charge < -0.3 is 4.74 Å². The molecule has 0 bridgehead atoms. The van der Waals surface area contributed by atoms with Gasteiger partial charge in [-0.05, 0) is 13.8 Å². The predicted octanol–water partition coefficient (Wildman–Crippen LogP) is 1.01. The number of hydrogen-bond donors (Lipinski definition) is 0. The first-order chi connectivity index (χ1) is 3.81. The van der Waals surface area contributed by atoms with Crippen molar-refractivity contribution in [1.29, 1.82) is 0 Å². The Morgan fingerprint density at radius 3 is 2.56 bits per heavy atom. The molecule has 2 radical (unpaired) electrons. The minimum atomic E-state index is -0.269. The fraction of sp³-hybridized carbons (Fsp3) is 0.500. The van der Waals surface area contributed by atoms with Crippen LogP contribution in [0.25, 0.3) is 0 Å². The van der Waals surface area contributed by atoms with Crippen LogP contribution < -0.4 is 0 Å². The van der Waals surface area contributed by atoms with Crippen LogP contribution in [0.1, 0.15) is 13.8 Å². The summed E-state index contributed by atoms with van der Waals surface area (Å²) in [4.78, 5) is 10.3. The van der Waals surface area contributed by atoms with Crippen LogP contribution in [-0.4, -0.2) is 12.6 Å². The summed E-state index contributed by atoms with van der Waals surface area (Å²) in [5, 5.41) is 0. The quantitative estimate of drug-likeness (QED) is 0.413. The van der Waals surface area contributed by atoms with Gasteiger partial charge in [0.2, 0.25) is 0 Å². The van der Waals surface area contributed by atoms with Gasteiger partial charge in [-0.3, -0.25) is 0 Å². The number of carbonyl (C=O) groups excluding carboxylic acids is 1. The van der Waals surface area contributed by atoms with E-state index in [0.717, 1.165) is 0 Å². The molecule has 0 unspecified atom stereocenters. The molecule has 0 saturated carbocycles. The van der Waals surface area contributed by atoms with Crippen molar-refractivity contribution in [3.63, 3.8) is 0 Å². The normalized spacial score (nSPS) is 8.67. The Hall–Kier alpha value is -0.830. The molecule has 0 rings (SSSR count). The monoisotopic (exact) mass is 130 g/mol. The number of rotatable bonds is 2. The minimum absolute atomic E-state index is 0. The topological polar surface area (TPSA) is 54.8 Å². The SMILES string of the molecule is CC=CC(=O)OCC.[O]. The molecule has 0 aromatic carbocycles. The van der Waals surface area contributed by atoms with E-state index in [1.165, 1.54) is 6.08 Å². The third-order valence-electron chi connectivity index (χ3n) is 0.589. The van der Waals surface area contributed by atoms with Crippen molar-refractivity contribution in [3.8, 4) is 0 Å². The van der Waals surface area contributed by atoms with Gasteiger partial charge >= 0.3 is 5.97 Å². The molecule has 0 saturated heterocycles. The van der Waals surface area contributed by atoms with Crippen LogP contribution in [0, 0.1) is 0 Å². The lowest BCUT2D eigenvalue weighted by molar-refractivity contribution is -0.137. The maximum atomic E-state index is 10.3. The standard InChI is InChI=1S/C6H10O2.O/c1-3-5-6(7)8-4-2;/h3,5H,4H2,1-2H3;. The Kier molecular flexibility index (Phi) is 8.79. The van der Waals surface area contributed by atoms with Crippen molar-refractivity contribution >= 4 is 5.97 Å². The van der Waals surface area contributed by atoms with Crippen molar-refractivity contribution in [3.05, 3.63) is 12.2 Å². The molecule has 0 amide bonds. The summed E-state index contributed by atoms with van der Waals surface area (Å²) in [6.45, 7) is 4.00. The molecule has 0 fully saturated rings. The highest BCUT2D eigenvalue weighted by atomic mass is 16.5. The Morgan fingerprint density at radius 2 is 2.22 bits per heavy atom. The van der Waals surface area contributed by atoms with Gasteiger partial charge in [-0.25, -0.2) is 4.79 Å². The molecule has 3 heteroatoms. The molecular weight excluding hydrogens is 120 g/mol. The number of ether oxygens (including phenoxy) is 1. The summed E-state index contributed by atoms with van der Waals surface area (Å²) >= 11 is 0. The molecule has 0 aliphatic heterocycles. The van der Waals surface area contributed by atoms with Crippen LogP contribution in [0.3, 0.4) is 0 Å². The average molecular weight is 130 g/mol. The molecule has 0 aromatic heterocycles. The van der Waals surface area contributed by atoms with Crippen molar-refractivity contribution in [2.45, 2.75) is 13.8 Å². The van der Waals surface area contributed by atoms with E-state index >= 15 is 0 Å². The van der Waals surface area contributed by atoms with E-state index in [1.807, 2.05) is 0 Å². The lowest BCUT2D eigenvalue weighted by Crippen LogP contribution is -1.98. The van der Waals surface area contributed by atoms with Gasteiger partial charge in [-0.1, -0.05) is 6.08 Å². The van der Waals surface area contributed by atoms with Crippen molar-refractivity contribution < 1.29 is 15.0 Å². The molecule has 0 atom stereocenters. The predicted molar refractivity (Wildman–Crippen MR) is 32.1 cm³/mol. The van der Waals surface area contributed by atoms with Crippen LogP contribution in [0.5, 0.6) is 0 Å². The van der Waals surface area contributed by atoms with Crippen molar-refractivity contribution in [1.82, 2.24) is 0 Å². The van der Waals surface area contributed by atoms with Gasteiger partial charge in [0.05, 0.1) is 6.61 Å². The van der Waals surface area contributed by atoms with Crippen LogP contribution in [-0.2, 0) is 15.0 Å². The fourth-order valence-corrected chi connectivity index (χ4v) is 0.326. The third-order valence-corrected chi connectivity index (χ3v) is 0.589. The second-order valence-corrected chi connectivity index (χ2v) is 1.25. The van der Waals surface area contributed by atoms with Gasteiger partial charge in [0.1, 0.15) is 0 Å². The van der Waals surface area contributed by atoms with Crippen LogP contribution >= 0.6 is 0 Å². The van der Waals surface area contributed by atoms with E-state index in [9.17, 15) is 4.79 Å². The number of esters is 1. The summed E-state index contributed by atoms with van der Waals surface area (Å²) < 4.78 is 4.56. The summed E-state index contributed by atoms with van der Waals surface area (Å²) in [6.07, 6.45) is 3.04. The van der Waals surface area contributed by atoms with Crippen LogP contribution in [0.4, 0.5) is 0 Å². The van der Waals surface area contributed by atoms with E-state index in [4.69, 9.17) is 0 Å². The van der Waals surface area contributed by atoms with Gasteiger partial charge in [-0.15, -0.1) is 0 Å². The zero-order chi connectivity index (χ0) is 6.41. The van der Waals surface area contributed by atoms with Crippen molar-refractivity contribution in [2.24, 2.45) is 0 Å². The summed E-state index contributed by atoms with van der Waals surface area (Å²) in [6, 6.07) is 0. The smallest absolute Gasteiger partial charge is 0.330 e. The molecular formula is C6H10O3. The molecule has 0 heterocycles. The first-order valence-corrected chi connectivity index (χ1v) is 2.60. The van der Waals surface area contributed by atoms with E-state index in [2.05, 4.69) is 4.74 Å². The third kappa shape index (κ3) is 7.17. The molecule has 9 heavy (non-hydrogen) atoms. The van der Waals surface area contributed by atoms with Gasteiger partial charge in [0, 0.05) is 11.6 Å². The Labute approximate surface area is 54.6 Å². The summed E-state index contributed by atoms with van der Waals surface area (Å²) in [7, 11) is 0. The second-order valence-electron chi connectivity index (χ2n) is 1.25. The lowest BCUT2D eigenvalue weighted by Gasteiger charge is -1.91. The first kappa shape index (κ1) is 11.0. The van der Waals surface area contributed by atoms with E-state index in [-0.39, 0.29) is 11.4 Å². The van der Waals surface area contributed by atoms with Crippen LogP contribution in [0.15, 0.2) is 12.2 Å². The Morgan fingerprint density at radius 1 is 1.67 bits per heavy atom. The van der Waals surface area contributed by atoms with E-state index in [1.54, 1.807) is 19.9 Å². The maximum absolute atomic E-state index is 10.3. The molecule has 3 nitrogen and oxygen atoms in total. The zero-order valence-corrected chi connectivity index (χ0v) is 5.59. The number of carbonyl (C=O) groups is 1. The summed E-state index contributed by atoms with van der Waals surface area (Å²) in [5.41, 5.74) is 0. The highest BCUT2D eigenvalue weighted by Gasteiger charge is 1.88. The first-order valence-electron chi connectivity index (χ1n) is 2.60. The van der Waals surface area contributed by atoms with Gasteiger partial charge in [0.25, 0.3) is 0 Å². The second kappa shape index (κ2) is 7.17. The molecule has 52 valence electrons. The highest BCUT2D eigenvalue weighted by Crippen LogP contribution is 1.78. The zero-order valence-electron chi connectivity index (χ0n) is 5.59. The number of hydrogen-bond acceptors (Lipinski definition) is 2. The molecule has 0 aliphatic rings. The number of allylic oxidation sites excluding steroid dienone is 1. The van der Waals surface area contributed by atoms with E-state index < -0.39 is 0 Å². The van der Waals surface area contributed by atoms with Gasteiger partial charge in [-0.2, -0.15) is 0 Å². The molecule has 0 aliphatic carbocycles. The molecule has 0 aromatic rings. The average Bonchev–Trinajstić information content (AvgIpc) is 1.68. The minimum Gasteiger partial charge on any atom is -0.463 e. The lowest BCUT2D eigenvalue weighted by atomic mass is 10.5. The van der Waals surface area contributed by atoms with Gasteiger partial charge in [0.15, 0.2) is 0 Å². The van der Waals surface area contributed by atoms with Crippen molar-refractivity contribution in [2.75, 3.05) is 6.61 Å². The highest BCUT2D eigenvalue weighted by molar-refractivity contribution is 5.81. The largest absolute Gasteiger partial charge is 0.463 e. The Balaban J connectivity index is 0. The fourth-order valence-electron chi connectivity index (χ4n) is 0.326. The molecule has 0 N–H and O–H groups in total. The summed E-state index contributed by atoms with van der Waals surface area (Å²) in [5.74, 6) is -0.269. The van der Waals surface area contributed by atoms with Crippen LogP contribution in [0.2, 0.25) is 0 Å². The van der Waals surface area contributed by atoms with E-state index in [0.29, 0.717) is 6.61 Å². The Bertz CT molecular complexity index is 96.5. The molecule has 0 spiro atoms. The maximum Gasteiger partial charge on any atom is 0.330 e.